The van der Waals surface area contributed by atoms with Gasteiger partial charge in [-0.25, -0.2) is 0 Å². The zero-order valence-corrected chi connectivity index (χ0v) is 36.2. The van der Waals surface area contributed by atoms with Crippen molar-refractivity contribution in [3.63, 3.8) is 0 Å². The Morgan fingerprint density at radius 2 is 0.667 bits per heavy atom. The van der Waals surface area contributed by atoms with E-state index in [4.69, 9.17) is 0 Å². The summed E-state index contributed by atoms with van der Waals surface area (Å²) in [6.07, 6.45) is 0. The van der Waals surface area contributed by atoms with E-state index in [2.05, 4.69) is 199 Å². The van der Waals surface area contributed by atoms with Crippen molar-refractivity contribution in [1.29, 1.82) is 0 Å². The van der Waals surface area contributed by atoms with Gasteiger partial charge in [-0.2, -0.15) is 0 Å². The lowest BCUT2D eigenvalue weighted by molar-refractivity contribution is 0.838. The molecule has 5 aromatic rings. The summed E-state index contributed by atoms with van der Waals surface area (Å²) in [5.74, 6) is 7.95. The molecule has 0 aliphatic rings. The van der Waals surface area contributed by atoms with Crippen LogP contribution >= 0.6 is 31.9 Å². The zero-order valence-electron chi connectivity index (χ0n) is 31.0. The van der Waals surface area contributed by atoms with E-state index in [-0.39, 0.29) is 0 Å². The van der Waals surface area contributed by atoms with Crippen molar-refractivity contribution >= 4 is 91.1 Å². The fourth-order valence-electron chi connectivity index (χ4n) is 9.13. The van der Waals surface area contributed by atoms with Gasteiger partial charge in [0.25, 0.3) is 0 Å². The molecule has 0 bridgehead atoms. The van der Waals surface area contributed by atoms with Crippen LogP contribution in [0.2, 0.25) is 33.2 Å². The molecule has 250 valence electrons. The highest BCUT2D eigenvalue weighted by Gasteiger charge is 2.43. The Hall–Kier alpha value is -2.35. The molecule has 0 amide bonds. The molecule has 0 aliphatic heterocycles. The lowest BCUT2D eigenvalue weighted by Gasteiger charge is -2.38. The lowest BCUT2D eigenvalue weighted by atomic mass is 9.89. The van der Waals surface area contributed by atoms with Gasteiger partial charge in [0.05, 0.1) is 0 Å². The van der Waals surface area contributed by atoms with Crippen LogP contribution in [-0.4, -0.2) is 16.1 Å². The van der Waals surface area contributed by atoms with E-state index in [0.717, 1.165) is 20.1 Å². The zero-order chi connectivity index (χ0) is 35.3. The number of halogens is 2. The van der Waals surface area contributed by atoms with Gasteiger partial charge in [0, 0.05) is 20.1 Å². The van der Waals surface area contributed by atoms with Gasteiger partial charge in [-0.3, -0.25) is 0 Å². The predicted octanol–water partition coefficient (Wildman–Crippen LogP) is 15.0. The molecule has 0 nitrogen and oxygen atoms in total. The Balaban J connectivity index is 2.05. The number of rotatable bonds is 6. The second kappa shape index (κ2) is 14.1. The van der Waals surface area contributed by atoms with Gasteiger partial charge in [0.2, 0.25) is 0 Å². The van der Waals surface area contributed by atoms with Crippen LogP contribution in [0.5, 0.6) is 0 Å². The van der Waals surface area contributed by atoms with Crippen LogP contribution in [0.25, 0.3) is 43.1 Å². The Bertz CT molecular complexity index is 1950. The van der Waals surface area contributed by atoms with Gasteiger partial charge in [-0.1, -0.05) is 139 Å². The van der Waals surface area contributed by atoms with Gasteiger partial charge in [-0.05, 0) is 125 Å². The van der Waals surface area contributed by atoms with E-state index in [0.29, 0.717) is 33.2 Å². The molecule has 48 heavy (non-hydrogen) atoms. The van der Waals surface area contributed by atoms with E-state index in [9.17, 15) is 0 Å². The first-order valence-electron chi connectivity index (χ1n) is 17.8. The molecule has 0 radical (unpaired) electrons. The van der Waals surface area contributed by atoms with E-state index >= 15 is 0 Å². The first kappa shape index (κ1) is 36.9. The molecule has 0 aromatic heterocycles. The normalized spacial score (nSPS) is 12.8. The molecule has 4 heteroatoms. The summed E-state index contributed by atoms with van der Waals surface area (Å²) in [6, 6.07) is 22.8. The van der Waals surface area contributed by atoms with Crippen molar-refractivity contribution < 1.29 is 0 Å². The number of hydrogen-bond acceptors (Lipinski definition) is 0. The van der Waals surface area contributed by atoms with Gasteiger partial charge < -0.3 is 0 Å². The Kier molecular flexibility index (Phi) is 10.9. The van der Waals surface area contributed by atoms with Crippen LogP contribution in [0.3, 0.4) is 0 Å². The predicted molar refractivity (Wildman–Crippen MR) is 228 cm³/mol. The first-order valence-corrected chi connectivity index (χ1v) is 23.9. The second-order valence-electron chi connectivity index (χ2n) is 15.8. The van der Waals surface area contributed by atoms with Crippen molar-refractivity contribution in [3.05, 3.63) is 80.7 Å². The lowest BCUT2D eigenvalue weighted by Crippen LogP contribution is -2.43. The second-order valence-corrected chi connectivity index (χ2v) is 28.8. The molecule has 5 aromatic carbocycles. The Morgan fingerprint density at radius 3 is 0.938 bits per heavy atom. The molecular formula is C44H52Br2Si2. The van der Waals surface area contributed by atoms with Crippen LogP contribution < -0.4 is 0 Å². The Labute approximate surface area is 309 Å². The molecule has 0 N–H and O–H groups in total. The summed E-state index contributed by atoms with van der Waals surface area (Å²) in [5, 5.41) is 9.76. The maximum Gasteiger partial charge on any atom is 0.146 e. The maximum absolute atomic E-state index is 4.11. The number of benzene rings is 5. The van der Waals surface area contributed by atoms with Gasteiger partial charge in [0.1, 0.15) is 16.1 Å². The summed E-state index contributed by atoms with van der Waals surface area (Å²) in [7, 11) is -4.00. The number of hydrogen-bond donors (Lipinski definition) is 0. The van der Waals surface area contributed by atoms with Crippen molar-refractivity contribution in [3.8, 4) is 22.9 Å². The molecule has 0 saturated carbocycles. The van der Waals surface area contributed by atoms with Crippen molar-refractivity contribution in [1.82, 2.24) is 0 Å². The summed E-state index contributed by atoms with van der Waals surface area (Å²) in [4.78, 5) is 0. The summed E-state index contributed by atoms with van der Waals surface area (Å²) >= 11 is 7.50. The van der Waals surface area contributed by atoms with E-state index in [1.165, 1.54) is 43.1 Å². The van der Waals surface area contributed by atoms with Crippen LogP contribution in [-0.2, 0) is 0 Å². The quantitative estimate of drug-likeness (QED) is 0.0912. The fraction of sp³-hybridized carbons (Fsp3) is 0.409. The van der Waals surface area contributed by atoms with E-state index in [1.807, 2.05) is 0 Å². The molecule has 0 fully saturated rings. The summed E-state index contributed by atoms with van der Waals surface area (Å²) in [6.45, 7) is 28.8. The maximum atomic E-state index is 4.11. The van der Waals surface area contributed by atoms with Crippen LogP contribution in [0.1, 0.15) is 94.2 Å². The average molecular weight is 797 g/mol. The van der Waals surface area contributed by atoms with E-state index in [1.54, 1.807) is 0 Å². The minimum absolute atomic E-state index is 0.559. The highest BCUT2D eigenvalue weighted by atomic mass is 79.9. The van der Waals surface area contributed by atoms with Gasteiger partial charge in [-0.15, -0.1) is 11.1 Å². The molecule has 0 saturated heterocycles. The molecule has 5 rings (SSSR count). The fourth-order valence-corrected chi connectivity index (χ4v) is 20.3. The SMILES string of the molecule is CC(C)[Si](C#Cc1c2cc3ccc(Br)cc3cc2c(C#C[Si](C(C)C)(C(C)C)C(C)C)c2cc3ccc(Br)cc3cc12)(C(C)C)C(C)C. The first-order chi connectivity index (χ1) is 22.5. The molecule has 0 atom stereocenters. The topological polar surface area (TPSA) is 0 Å². The van der Waals surface area contributed by atoms with Gasteiger partial charge in [0.15, 0.2) is 0 Å². The molecular weight excluding hydrogens is 744 g/mol. The van der Waals surface area contributed by atoms with Crippen molar-refractivity contribution in [2.75, 3.05) is 0 Å². The highest BCUT2D eigenvalue weighted by molar-refractivity contribution is 9.10. The molecule has 0 heterocycles. The highest BCUT2D eigenvalue weighted by Crippen LogP contribution is 2.44. The third kappa shape index (κ3) is 6.37. The molecule has 0 spiro atoms. The third-order valence-corrected chi connectivity index (χ3v) is 25.1. The summed E-state index contributed by atoms with van der Waals surface area (Å²) in [5.41, 5.74) is 13.9. The van der Waals surface area contributed by atoms with Crippen molar-refractivity contribution in [2.45, 2.75) is 116 Å². The van der Waals surface area contributed by atoms with E-state index < -0.39 is 16.1 Å². The average Bonchev–Trinajstić information content (AvgIpc) is 2.99. The minimum Gasteiger partial charge on any atom is -0.125 e. The van der Waals surface area contributed by atoms with Gasteiger partial charge >= 0.3 is 0 Å². The standard InChI is InChI=1S/C44H52Br2Si2/c1-27(2)47(28(3)4,29(5)6)19-17-39-41-23-33-13-15-38(46)22-36(33)26-44(41)40(18-20-48(30(7)8,31(9)10)32(11)12)42-24-34-14-16-37(45)21-35(34)25-43(39)42/h13-16,21-32H,1-12H3. The third-order valence-electron chi connectivity index (χ3n) is 11.5. The smallest absolute Gasteiger partial charge is 0.125 e. The molecule has 0 unspecified atom stereocenters. The molecule has 0 aliphatic carbocycles. The van der Waals surface area contributed by atoms with Crippen molar-refractivity contribution in [2.24, 2.45) is 0 Å². The van der Waals surface area contributed by atoms with Crippen LogP contribution in [0.4, 0.5) is 0 Å². The Morgan fingerprint density at radius 1 is 0.396 bits per heavy atom. The summed E-state index contributed by atoms with van der Waals surface area (Å²) < 4.78 is 2.18. The monoisotopic (exact) mass is 794 g/mol. The number of fused-ring (bicyclic) bond motifs is 4. The largest absolute Gasteiger partial charge is 0.146 e. The van der Waals surface area contributed by atoms with Crippen LogP contribution in [0, 0.1) is 22.9 Å². The van der Waals surface area contributed by atoms with Crippen LogP contribution in [0.15, 0.2) is 69.6 Å². The minimum atomic E-state index is -2.00.